The molecule has 4 heteroatoms. The molecule has 3 nitrogen and oxygen atoms in total. The zero-order valence-corrected chi connectivity index (χ0v) is 11.4. The van der Waals surface area contributed by atoms with E-state index in [1.807, 2.05) is 27.7 Å². The number of amides is 1. The van der Waals surface area contributed by atoms with Crippen LogP contribution in [0.1, 0.15) is 27.7 Å². The monoisotopic (exact) mass is 252 g/mol. The minimum Gasteiger partial charge on any atom is -0.319 e. The molecule has 0 bridgehead atoms. The summed E-state index contributed by atoms with van der Waals surface area (Å²) < 4.78 is 12.9. The maximum Gasteiger partial charge on any atom is 0.244 e. The van der Waals surface area contributed by atoms with E-state index < -0.39 is 6.04 Å². The highest BCUT2D eigenvalue weighted by Crippen LogP contribution is 2.22. The molecule has 1 rings (SSSR count). The van der Waals surface area contributed by atoms with Crippen LogP contribution in [0.4, 0.5) is 10.1 Å². The molecule has 0 fully saturated rings. The van der Waals surface area contributed by atoms with Crippen LogP contribution in [-0.4, -0.2) is 18.5 Å². The molecule has 0 unspecified atom stereocenters. The molecule has 0 saturated carbocycles. The van der Waals surface area contributed by atoms with Crippen LogP contribution in [0.2, 0.25) is 0 Å². The number of nitrogens with zero attached hydrogens (tertiary/aromatic N) is 1. The summed E-state index contributed by atoms with van der Waals surface area (Å²) in [7, 11) is 0. The SMILES string of the molecule is CCN(C(=O)[C@H](N)C(C)(C)C)c1ccc(F)cc1. The first-order valence-electron chi connectivity index (χ1n) is 6.10. The molecule has 0 spiro atoms. The van der Waals surface area contributed by atoms with Gasteiger partial charge in [-0.25, -0.2) is 4.39 Å². The Kier molecular flexibility index (Phi) is 4.46. The summed E-state index contributed by atoms with van der Waals surface area (Å²) in [6, 6.07) is 5.28. The molecule has 0 aliphatic heterocycles. The van der Waals surface area contributed by atoms with Crippen molar-refractivity contribution in [1.82, 2.24) is 0 Å². The van der Waals surface area contributed by atoms with Crippen molar-refractivity contribution in [1.29, 1.82) is 0 Å². The van der Waals surface area contributed by atoms with E-state index in [1.165, 1.54) is 12.1 Å². The van der Waals surface area contributed by atoms with Gasteiger partial charge in [-0.15, -0.1) is 0 Å². The van der Waals surface area contributed by atoms with E-state index in [0.717, 1.165) is 0 Å². The Balaban J connectivity index is 2.97. The second kappa shape index (κ2) is 5.48. The predicted molar refractivity (Wildman–Crippen MR) is 71.9 cm³/mol. The summed E-state index contributed by atoms with van der Waals surface area (Å²) in [5, 5.41) is 0. The van der Waals surface area contributed by atoms with Crippen molar-refractivity contribution in [3.63, 3.8) is 0 Å². The Morgan fingerprint density at radius 1 is 1.33 bits per heavy atom. The number of halogens is 1. The molecule has 18 heavy (non-hydrogen) atoms. The number of carbonyl (C=O) groups excluding carboxylic acids is 1. The van der Waals surface area contributed by atoms with Crippen molar-refractivity contribution in [3.8, 4) is 0 Å². The number of likely N-dealkylation sites (N-methyl/N-ethyl adjacent to an activating group) is 1. The molecule has 0 radical (unpaired) electrons. The molecule has 100 valence electrons. The van der Waals surface area contributed by atoms with Gasteiger partial charge < -0.3 is 10.6 Å². The number of nitrogens with two attached hydrogens (primary N) is 1. The second-order valence-corrected chi connectivity index (χ2v) is 5.40. The van der Waals surface area contributed by atoms with Crippen molar-refractivity contribution >= 4 is 11.6 Å². The smallest absolute Gasteiger partial charge is 0.244 e. The summed E-state index contributed by atoms with van der Waals surface area (Å²) in [6.07, 6.45) is 0. The molecule has 0 aromatic heterocycles. The summed E-state index contributed by atoms with van der Waals surface area (Å²) in [6.45, 7) is 8.15. The van der Waals surface area contributed by atoms with Crippen LogP contribution in [0, 0.1) is 11.2 Å². The first kappa shape index (κ1) is 14.6. The zero-order valence-electron chi connectivity index (χ0n) is 11.4. The fraction of sp³-hybridized carbons (Fsp3) is 0.500. The predicted octanol–water partition coefficient (Wildman–Crippen LogP) is 2.55. The third-order valence-electron chi connectivity index (χ3n) is 2.92. The number of benzene rings is 1. The summed E-state index contributed by atoms with van der Waals surface area (Å²) in [4.78, 5) is 13.9. The molecule has 1 amide bonds. The summed E-state index contributed by atoms with van der Waals surface area (Å²) in [5.41, 5.74) is 6.34. The molecular weight excluding hydrogens is 231 g/mol. The zero-order chi connectivity index (χ0) is 13.9. The van der Waals surface area contributed by atoms with Gasteiger partial charge in [-0.05, 0) is 36.6 Å². The van der Waals surface area contributed by atoms with Gasteiger partial charge in [-0.3, -0.25) is 4.79 Å². The second-order valence-electron chi connectivity index (χ2n) is 5.40. The van der Waals surface area contributed by atoms with Gasteiger partial charge >= 0.3 is 0 Å². The fourth-order valence-electron chi connectivity index (χ4n) is 1.63. The largest absolute Gasteiger partial charge is 0.319 e. The molecule has 2 N–H and O–H groups in total. The van der Waals surface area contributed by atoms with E-state index in [1.54, 1.807) is 17.0 Å². The highest BCUT2D eigenvalue weighted by molar-refractivity contribution is 5.97. The molecule has 1 atom stereocenters. The Morgan fingerprint density at radius 2 is 1.83 bits per heavy atom. The van der Waals surface area contributed by atoms with Gasteiger partial charge in [0.2, 0.25) is 5.91 Å². The average Bonchev–Trinajstić information content (AvgIpc) is 2.30. The quantitative estimate of drug-likeness (QED) is 0.898. The highest BCUT2D eigenvalue weighted by atomic mass is 19.1. The van der Waals surface area contributed by atoms with Crippen molar-refractivity contribution in [3.05, 3.63) is 30.1 Å². The maximum absolute atomic E-state index is 12.9. The Labute approximate surface area is 108 Å². The lowest BCUT2D eigenvalue weighted by atomic mass is 9.86. The molecule has 0 saturated heterocycles. The molecule has 0 heterocycles. The fourth-order valence-corrected chi connectivity index (χ4v) is 1.63. The Bertz CT molecular complexity index is 409. The van der Waals surface area contributed by atoms with E-state index in [9.17, 15) is 9.18 Å². The van der Waals surface area contributed by atoms with E-state index in [0.29, 0.717) is 12.2 Å². The topological polar surface area (TPSA) is 46.3 Å². The lowest BCUT2D eigenvalue weighted by Gasteiger charge is -2.31. The van der Waals surface area contributed by atoms with Crippen molar-refractivity contribution < 1.29 is 9.18 Å². The number of carbonyl (C=O) groups is 1. The minimum absolute atomic E-state index is 0.142. The Hall–Kier alpha value is -1.42. The average molecular weight is 252 g/mol. The van der Waals surface area contributed by atoms with Gasteiger partial charge in [0, 0.05) is 12.2 Å². The first-order chi connectivity index (χ1) is 8.27. The van der Waals surface area contributed by atoms with E-state index in [-0.39, 0.29) is 17.1 Å². The molecule has 1 aromatic carbocycles. The first-order valence-corrected chi connectivity index (χ1v) is 6.10. The lowest BCUT2D eigenvalue weighted by Crippen LogP contribution is -2.50. The number of anilines is 1. The van der Waals surface area contributed by atoms with Crippen molar-refractivity contribution in [2.24, 2.45) is 11.1 Å². The van der Waals surface area contributed by atoms with Crippen molar-refractivity contribution in [2.75, 3.05) is 11.4 Å². The highest BCUT2D eigenvalue weighted by Gasteiger charge is 2.31. The van der Waals surface area contributed by atoms with E-state index in [4.69, 9.17) is 5.73 Å². The maximum atomic E-state index is 12.9. The van der Waals surface area contributed by atoms with Crippen LogP contribution in [0.15, 0.2) is 24.3 Å². The number of rotatable bonds is 3. The Morgan fingerprint density at radius 3 is 2.22 bits per heavy atom. The third kappa shape index (κ3) is 3.29. The van der Waals surface area contributed by atoms with Crippen LogP contribution < -0.4 is 10.6 Å². The van der Waals surface area contributed by atoms with Crippen LogP contribution in [0.5, 0.6) is 0 Å². The molecule has 0 aliphatic rings. The summed E-state index contributed by atoms with van der Waals surface area (Å²) in [5.74, 6) is -0.459. The molecule has 0 aliphatic carbocycles. The van der Waals surface area contributed by atoms with Crippen LogP contribution in [0.3, 0.4) is 0 Å². The van der Waals surface area contributed by atoms with Gasteiger partial charge in [0.25, 0.3) is 0 Å². The minimum atomic E-state index is -0.581. The molecular formula is C14H21FN2O. The van der Waals surface area contributed by atoms with E-state index >= 15 is 0 Å². The lowest BCUT2D eigenvalue weighted by molar-refractivity contribution is -0.121. The number of hydrogen-bond acceptors (Lipinski definition) is 2. The standard InChI is InChI=1S/C14H21FN2O/c1-5-17(11-8-6-10(15)7-9-11)13(18)12(16)14(2,3)4/h6-9,12H,5,16H2,1-4H3/t12-/m0/s1. The van der Waals surface area contributed by atoms with Crippen LogP contribution >= 0.6 is 0 Å². The van der Waals surface area contributed by atoms with Crippen LogP contribution in [-0.2, 0) is 4.79 Å². The van der Waals surface area contributed by atoms with E-state index in [2.05, 4.69) is 0 Å². The van der Waals surface area contributed by atoms with Gasteiger partial charge in [0.15, 0.2) is 0 Å². The third-order valence-corrected chi connectivity index (χ3v) is 2.92. The number of hydrogen-bond donors (Lipinski definition) is 1. The van der Waals surface area contributed by atoms with Gasteiger partial charge in [-0.2, -0.15) is 0 Å². The van der Waals surface area contributed by atoms with Gasteiger partial charge in [0.1, 0.15) is 5.82 Å². The van der Waals surface area contributed by atoms with Gasteiger partial charge in [-0.1, -0.05) is 20.8 Å². The van der Waals surface area contributed by atoms with Crippen molar-refractivity contribution in [2.45, 2.75) is 33.7 Å². The van der Waals surface area contributed by atoms with Crippen LogP contribution in [0.25, 0.3) is 0 Å². The van der Waals surface area contributed by atoms with Gasteiger partial charge in [0.05, 0.1) is 6.04 Å². The molecule has 1 aromatic rings. The normalized spacial score (nSPS) is 13.2. The summed E-state index contributed by atoms with van der Waals surface area (Å²) >= 11 is 0.